The topological polar surface area (TPSA) is 29.5 Å². The lowest BCUT2D eigenvalue weighted by molar-refractivity contribution is -0.240. The average Bonchev–Trinajstić information content (AvgIpc) is 1.64. The molecule has 0 saturated carbocycles. The van der Waals surface area contributed by atoms with Crippen LogP contribution in [-0.2, 0) is 4.74 Å². The van der Waals surface area contributed by atoms with Crippen molar-refractivity contribution in [1.29, 1.82) is 0 Å². The van der Waals surface area contributed by atoms with E-state index in [1.807, 2.05) is 0 Å². The minimum Gasteiger partial charge on any atom is -0.384 e. The molecular formula is C5H10F2O2. The van der Waals surface area contributed by atoms with Crippen LogP contribution in [0, 0.1) is 5.92 Å². The van der Waals surface area contributed by atoms with Crippen LogP contribution in [0.15, 0.2) is 0 Å². The summed E-state index contributed by atoms with van der Waals surface area (Å²) in [6, 6.07) is 0. The quantitative estimate of drug-likeness (QED) is 0.629. The van der Waals surface area contributed by atoms with Crippen LogP contribution < -0.4 is 0 Å². The van der Waals surface area contributed by atoms with Gasteiger partial charge in [0.1, 0.15) is 0 Å². The molecule has 0 radical (unpaired) electrons. The highest BCUT2D eigenvalue weighted by Gasteiger charge is 2.32. The van der Waals surface area contributed by atoms with Crippen molar-refractivity contribution < 1.29 is 18.6 Å². The van der Waals surface area contributed by atoms with Gasteiger partial charge in [-0.05, 0) is 0 Å². The maximum atomic E-state index is 11.8. The van der Waals surface area contributed by atoms with E-state index in [2.05, 4.69) is 4.74 Å². The second-order valence-electron chi connectivity index (χ2n) is 1.94. The number of hydrogen-bond acceptors (Lipinski definition) is 2. The zero-order chi connectivity index (χ0) is 7.49. The molecule has 0 aromatic carbocycles. The van der Waals surface area contributed by atoms with Gasteiger partial charge in [0.2, 0.25) is 0 Å². The minimum absolute atomic E-state index is 0.135. The van der Waals surface area contributed by atoms with Crippen molar-refractivity contribution in [3.63, 3.8) is 0 Å². The molecule has 1 atom stereocenters. The first-order valence-corrected chi connectivity index (χ1v) is 2.57. The van der Waals surface area contributed by atoms with Crippen molar-refractivity contribution in [3.05, 3.63) is 0 Å². The van der Waals surface area contributed by atoms with E-state index in [1.54, 1.807) is 0 Å². The number of halogens is 2. The molecule has 1 unspecified atom stereocenters. The summed E-state index contributed by atoms with van der Waals surface area (Å²) in [5.41, 5.74) is 0. The summed E-state index contributed by atoms with van der Waals surface area (Å²) in [5.74, 6) is -1.14. The summed E-state index contributed by atoms with van der Waals surface area (Å²) in [6.07, 6.45) is -3.62. The first kappa shape index (κ1) is 8.78. The van der Waals surface area contributed by atoms with Gasteiger partial charge in [-0.1, -0.05) is 6.92 Å². The first-order chi connectivity index (χ1) is 3.98. The predicted molar refractivity (Wildman–Crippen MR) is 28.2 cm³/mol. The Morgan fingerprint density at radius 2 is 2.11 bits per heavy atom. The highest BCUT2D eigenvalue weighted by Crippen LogP contribution is 2.19. The van der Waals surface area contributed by atoms with Gasteiger partial charge in [0.25, 0.3) is 0 Å². The highest BCUT2D eigenvalue weighted by molar-refractivity contribution is 4.58. The largest absolute Gasteiger partial charge is 0.384 e. The minimum atomic E-state index is -3.62. The molecule has 0 fully saturated rings. The smallest absolute Gasteiger partial charge is 0.358 e. The number of methoxy groups -OCH3 is 1. The second kappa shape index (κ2) is 3.08. The van der Waals surface area contributed by atoms with Crippen LogP contribution in [0.1, 0.15) is 6.92 Å². The van der Waals surface area contributed by atoms with Crippen LogP contribution in [0.3, 0.4) is 0 Å². The van der Waals surface area contributed by atoms with Crippen molar-refractivity contribution >= 4 is 0 Å². The molecule has 1 N–H and O–H groups in total. The van der Waals surface area contributed by atoms with Crippen molar-refractivity contribution in [1.82, 2.24) is 0 Å². The summed E-state index contributed by atoms with van der Waals surface area (Å²) >= 11 is 0. The van der Waals surface area contributed by atoms with E-state index in [9.17, 15) is 8.78 Å². The molecule has 9 heavy (non-hydrogen) atoms. The summed E-state index contributed by atoms with van der Waals surface area (Å²) in [5, 5.41) is 8.00. The van der Waals surface area contributed by atoms with Crippen molar-refractivity contribution in [2.75, 3.05) is 13.7 Å². The summed E-state index contributed by atoms with van der Waals surface area (Å²) in [4.78, 5) is 0. The van der Waals surface area contributed by atoms with Crippen molar-refractivity contribution in [2.24, 2.45) is 5.92 Å². The van der Waals surface area contributed by atoms with E-state index >= 15 is 0 Å². The van der Waals surface area contributed by atoms with Crippen LogP contribution in [0.2, 0.25) is 0 Å². The van der Waals surface area contributed by atoms with Crippen LogP contribution in [-0.4, -0.2) is 24.9 Å². The van der Waals surface area contributed by atoms with E-state index < -0.39 is 12.0 Å². The third kappa shape index (κ3) is 3.37. The van der Waals surface area contributed by atoms with Crippen LogP contribution >= 0.6 is 0 Å². The van der Waals surface area contributed by atoms with Gasteiger partial charge in [0, 0.05) is 7.11 Å². The Morgan fingerprint density at radius 1 is 1.67 bits per heavy atom. The fourth-order valence-electron chi connectivity index (χ4n) is 0.350. The number of hydrogen-bond donors (Lipinski definition) is 1. The Bertz CT molecular complexity index is 79.5. The summed E-state index contributed by atoms with van der Waals surface area (Å²) in [6.45, 7) is 1.08. The highest BCUT2D eigenvalue weighted by atomic mass is 19.3. The maximum Gasteiger partial charge on any atom is 0.358 e. The predicted octanol–water partition coefficient (Wildman–Crippen LogP) is 0.854. The third-order valence-corrected chi connectivity index (χ3v) is 1.01. The van der Waals surface area contributed by atoms with E-state index in [0.29, 0.717) is 0 Å². The number of rotatable bonds is 3. The zero-order valence-electron chi connectivity index (χ0n) is 5.40. The van der Waals surface area contributed by atoms with Crippen molar-refractivity contribution in [3.8, 4) is 0 Å². The van der Waals surface area contributed by atoms with Gasteiger partial charge in [-0.25, -0.2) is 0 Å². The Morgan fingerprint density at radius 3 is 2.22 bits per heavy atom. The number of aliphatic hydroxyl groups is 1. The van der Waals surface area contributed by atoms with Gasteiger partial charge in [-0.2, -0.15) is 8.78 Å². The molecule has 0 bridgehead atoms. The van der Waals surface area contributed by atoms with E-state index in [-0.39, 0.29) is 6.61 Å². The molecule has 0 saturated heterocycles. The summed E-state index contributed by atoms with van der Waals surface area (Å²) < 4.78 is 27.9. The Labute approximate surface area is 52.4 Å². The van der Waals surface area contributed by atoms with E-state index in [0.717, 1.165) is 0 Å². The third-order valence-electron chi connectivity index (χ3n) is 1.01. The van der Waals surface area contributed by atoms with Crippen LogP contribution in [0.5, 0.6) is 0 Å². The van der Waals surface area contributed by atoms with E-state index in [1.165, 1.54) is 14.0 Å². The first-order valence-electron chi connectivity index (χ1n) is 2.57. The summed E-state index contributed by atoms with van der Waals surface area (Å²) in [7, 11) is 1.31. The number of alkyl halides is 2. The lowest BCUT2D eigenvalue weighted by Crippen LogP contribution is -2.28. The lowest BCUT2D eigenvalue weighted by Gasteiger charge is -2.15. The molecule has 4 heteroatoms. The second-order valence-corrected chi connectivity index (χ2v) is 1.94. The Kier molecular flexibility index (Phi) is 3.00. The standard InChI is InChI=1S/C5H10F2O2/c1-4(3-9-2)5(6,7)8/h4,8H,3H2,1-2H3. The zero-order valence-corrected chi connectivity index (χ0v) is 5.40. The Hall–Kier alpha value is -0.220. The molecule has 0 spiro atoms. The molecule has 56 valence electrons. The fourth-order valence-corrected chi connectivity index (χ4v) is 0.350. The SMILES string of the molecule is COCC(C)C(O)(F)F. The number of ether oxygens (including phenoxy) is 1. The fraction of sp³-hybridized carbons (Fsp3) is 1.00. The van der Waals surface area contributed by atoms with Crippen LogP contribution in [0.25, 0.3) is 0 Å². The van der Waals surface area contributed by atoms with Gasteiger partial charge in [-0.15, -0.1) is 0 Å². The van der Waals surface area contributed by atoms with Gasteiger partial charge < -0.3 is 9.84 Å². The molecule has 0 amide bonds. The normalized spacial score (nSPS) is 15.7. The molecule has 0 aromatic heterocycles. The average molecular weight is 140 g/mol. The van der Waals surface area contributed by atoms with E-state index in [4.69, 9.17) is 5.11 Å². The molecule has 0 aliphatic carbocycles. The van der Waals surface area contributed by atoms with Gasteiger partial charge in [0.05, 0.1) is 12.5 Å². The monoisotopic (exact) mass is 140 g/mol. The maximum absolute atomic E-state index is 11.8. The van der Waals surface area contributed by atoms with Crippen molar-refractivity contribution in [2.45, 2.75) is 13.0 Å². The van der Waals surface area contributed by atoms with Crippen LogP contribution in [0.4, 0.5) is 8.78 Å². The molecule has 2 nitrogen and oxygen atoms in total. The van der Waals surface area contributed by atoms with Gasteiger partial charge >= 0.3 is 6.11 Å². The molecule has 0 aromatic rings. The molecule has 0 aliphatic rings. The lowest BCUT2D eigenvalue weighted by atomic mass is 10.2. The van der Waals surface area contributed by atoms with Gasteiger partial charge in [0.15, 0.2) is 0 Å². The molecular weight excluding hydrogens is 130 g/mol. The van der Waals surface area contributed by atoms with Gasteiger partial charge in [-0.3, -0.25) is 0 Å². The molecule has 0 heterocycles. The Balaban J connectivity index is 3.59. The molecule has 0 aliphatic heterocycles. The molecule has 0 rings (SSSR count).